The lowest BCUT2D eigenvalue weighted by molar-refractivity contribution is -0.127. The van der Waals surface area contributed by atoms with E-state index in [0.717, 1.165) is 18.4 Å². The van der Waals surface area contributed by atoms with Gasteiger partial charge in [-0.25, -0.2) is 13.4 Å². The monoisotopic (exact) mass is 392 g/mol. The molecule has 1 atom stereocenters. The molecule has 1 aliphatic rings. The van der Waals surface area contributed by atoms with Gasteiger partial charge in [0.15, 0.2) is 15.0 Å². The number of amides is 1. The number of sulfone groups is 1. The van der Waals surface area contributed by atoms with Crippen LogP contribution in [0, 0.1) is 0 Å². The summed E-state index contributed by atoms with van der Waals surface area (Å²) in [6.45, 7) is 4.68. The van der Waals surface area contributed by atoms with E-state index in [1.54, 1.807) is 35.2 Å². The number of rotatable bonds is 6. The Bertz CT molecular complexity index is 898. The number of hydrogen-bond donors (Lipinski definition) is 0. The number of aromatic nitrogens is 1. The molecule has 1 aliphatic heterocycles. The standard InChI is InChI=1S/C18H20N2O4S2/c1-3-10-20(17(21)16-5-4-11-24-16)18-19-15(12-25-18)13-6-8-14(9-7-13)26(2,22)23/h3,6-9,12,16H,1,4-5,10-11H2,2H3. The van der Waals surface area contributed by atoms with Crippen molar-refractivity contribution in [1.82, 2.24) is 4.98 Å². The lowest BCUT2D eigenvalue weighted by Gasteiger charge is -2.21. The van der Waals surface area contributed by atoms with E-state index in [1.165, 1.54) is 17.6 Å². The Morgan fingerprint density at radius 3 is 2.73 bits per heavy atom. The Kier molecular flexibility index (Phi) is 5.55. The van der Waals surface area contributed by atoms with Gasteiger partial charge in [-0.3, -0.25) is 9.69 Å². The molecule has 1 aromatic carbocycles. The van der Waals surface area contributed by atoms with E-state index in [0.29, 0.717) is 24.0 Å². The number of thiazole rings is 1. The summed E-state index contributed by atoms with van der Waals surface area (Å²) >= 11 is 1.36. The van der Waals surface area contributed by atoms with Gasteiger partial charge in [-0.2, -0.15) is 0 Å². The second-order valence-corrected chi connectivity index (χ2v) is 8.90. The molecule has 1 unspecified atom stereocenters. The third kappa shape index (κ3) is 4.03. The number of ether oxygens (including phenoxy) is 1. The molecule has 0 bridgehead atoms. The number of benzene rings is 1. The third-order valence-electron chi connectivity index (χ3n) is 4.08. The predicted molar refractivity (Wildman–Crippen MR) is 102 cm³/mol. The maximum Gasteiger partial charge on any atom is 0.258 e. The minimum Gasteiger partial charge on any atom is -0.368 e. The van der Waals surface area contributed by atoms with Crippen molar-refractivity contribution in [3.05, 3.63) is 42.3 Å². The number of hydrogen-bond acceptors (Lipinski definition) is 6. The van der Waals surface area contributed by atoms with Gasteiger partial charge < -0.3 is 4.74 Å². The molecular formula is C18H20N2O4S2. The first-order valence-corrected chi connectivity index (χ1v) is 11.0. The topological polar surface area (TPSA) is 76.6 Å². The quantitative estimate of drug-likeness (QED) is 0.707. The summed E-state index contributed by atoms with van der Waals surface area (Å²) < 4.78 is 28.6. The van der Waals surface area contributed by atoms with Crippen molar-refractivity contribution in [3.8, 4) is 11.3 Å². The molecule has 0 saturated carbocycles. The molecule has 6 nitrogen and oxygen atoms in total. The van der Waals surface area contributed by atoms with E-state index in [1.807, 2.05) is 5.38 Å². The molecule has 26 heavy (non-hydrogen) atoms. The van der Waals surface area contributed by atoms with Crippen LogP contribution in [-0.4, -0.2) is 44.8 Å². The summed E-state index contributed by atoms with van der Waals surface area (Å²) in [5, 5.41) is 2.43. The lowest BCUT2D eigenvalue weighted by atomic mass is 10.2. The molecule has 1 amide bonds. The van der Waals surface area contributed by atoms with Gasteiger partial charge in [-0.05, 0) is 25.0 Å². The number of carbonyl (C=O) groups is 1. The van der Waals surface area contributed by atoms with Crippen molar-refractivity contribution in [2.24, 2.45) is 0 Å². The Labute approximate surface area is 157 Å². The summed E-state index contributed by atoms with van der Waals surface area (Å²) in [5.74, 6) is -0.101. The van der Waals surface area contributed by atoms with E-state index in [2.05, 4.69) is 11.6 Å². The highest BCUT2D eigenvalue weighted by Gasteiger charge is 2.30. The average molecular weight is 393 g/mol. The molecule has 138 valence electrons. The zero-order valence-corrected chi connectivity index (χ0v) is 16.1. The van der Waals surface area contributed by atoms with Crippen molar-refractivity contribution in [3.63, 3.8) is 0 Å². The predicted octanol–water partition coefficient (Wildman–Crippen LogP) is 2.91. The van der Waals surface area contributed by atoms with E-state index >= 15 is 0 Å². The van der Waals surface area contributed by atoms with Crippen molar-refractivity contribution >= 4 is 32.2 Å². The zero-order chi connectivity index (χ0) is 18.7. The highest BCUT2D eigenvalue weighted by molar-refractivity contribution is 7.90. The molecule has 2 aromatic rings. The highest BCUT2D eigenvalue weighted by atomic mass is 32.2. The minimum absolute atomic E-state index is 0.101. The molecule has 0 spiro atoms. The maximum atomic E-state index is 12.7. The van der Waals surface area contributed by atoms with Crippen LogP contribution >= 0.6 is 11.3 Å². The van der Waals surface area contributed by atoms with Crippen molar-refractivity contribution in [2.75, 3.05) is 24.3 Å². The van der Waals surface area contributed by atoms with Crippen LogP contribution in [0.3, 0.4) is 0 Å². The Morgan fingerprint density at radius 2 is 2.15 bits per heavy atom. The molecule has 0 aliphatic carbocycles. The number of nitrogens with zero attached hydrogens (tertiary/aromatic N) is 2. The molecule has 1 aromatic heterocycles. The van der Waals surface area contributed by atoms with Crippen LogP contribution < -0.4 is 4.90 Å². The van der Waals surface area contributed by atoms with Gasteiger partial charge in [0.1, 0.15) is 6.10 Å². The second-order valence-electron chi connectivity index (χ2n) is 6.05. The van der Waals surface area contributed by atoms with Gasteiger partial charge in [0.2, 0.25) is 0 Å². The number of anilines is 1. The molecule has 1 fully saturated rings. The summed E-state index contributed by atoms with van der Waals surface area (Å²) in [6, 6.07) is 6.55. The molecule has 2 heterocycles. The fourth-order valence-electron chi connectivity index (χ4n) is 2.73. The summed E-state index contributed by atoms with van der Waals surface area (Å²) in [7, 11) is -3.23. The molecule has 3 rings (SSSR count). The number of carbonyl (C=O) groups excluding carboxylic acids is 1. The maximum absolute atomic E-state index is 12.7. The van der Waals surface area contributed by atoms with E-state index in [9.17, 15) is 13.2 Å². The lowest BCUT2D eigenvalue weighted by Crippen LogP contribution is -2.39. The molecule has 8 heteroatoms. The average Bonchev–Trinajstić information content (AvgIpc) is 3.30. The van der Waals surface area contributed by atoms with E-state index in [-0.39, 0.29) is 10.8 Å². The molecule has 0 N–H and O–H groups in total. The third-order valence-corrected chi connectivity index (χ3v) is 6.08. The van der Waals surface area contributed by atoms with E-state index in [4.69, 9.17) is 4.74 Å². The van der Waals surface area contributed by atoms with Gasteiger partial charge in [-0.15, -0.1) is 17.9 Å². The largest absolute Gasteiger partial charge is 0.368 e. The van der Waals surface area contributed by atoms with E-state index < -0.39 is 15.9 Å². The summed E-state index contributed by atoms with van der Waals surface area (Å²) in [5.41, 5.74) is 1.49. The van der Waals surface area contributed by atoms with Crippen LogP contribution in [0.5, 0.6) is 0 Å². The fraction of sp³-hybridized carbons (Fsp3) is 0.333. The summed E-state index contributed by atoms with van der Waals surface area (Å²) in [6.07, 6.45) is 4.02. The second kappa shape index (κ2) is 7.69. The first-order valence-electron chi connectivity index (χ1n) is 8.20. The van der Waals surface area contributed by atoms with Crippen LogP contribution in [-0.2, 0) is 19.4 Å². The van der Waals surface area contributed by atoms with Crippen LogP contribution in [0.1, 0.15) is 12.8 Å². The highest BCUT2D eigenvalue weighted by Crippen LogP contribution is 2.29. The Hall–Kier alpha value is -2.03. The first kappa shape index (κ1) is 18.8. The SMILES string of the molecule is C=CCN(C(=O)C1CCCO1)c1nc(-c2ccc(S(C)(=O)=O)cc2)cs1. The van der Waals surface area contributed by atoms with Gasteiger partial charge in [0.25, 0.3) is 5.91 Å². The Morgan fingerprint density at radius 1 is 1.42 bits per heavy atom. The van der Waals surface area contributed by atoms with Gasteiger partial charge >= 0.3 is 0 Å². The fourth-order valence-corrected chi connectivity index (χ4v) is 4.21. The van der Waals surface area contributed by atoms with Gasteiger partial charge in [0.05, 0.1) is 10.6 Å². The van der Waals surface area contributed by atoms with Crippen LogP contribution in [0.2, 0.25) is 0 Å². The minimum atomic E-state index is -3.23. The molecule has 0 radical (unpaired) electrons. The summed E-state index contributed by atoms with van der Waals surface area (Å²) in [4.78, 5) is 19.1. The van der Waals surface area contributed by atoms with Gasteiger partial charge in [-0.1, -0.05) is 18.2 Å². The first-order chi connectivity index (χ1) is 12.4. The smallest absolute Gasteiger partial charge is 0.258 e. The zero-order valence-electron chi connectivity index (χ0n) is 14.4. The normalized spacial score (nSPS) is 17.2. The van der Waals surface area contributed by atoms with Crippen LogP contribution in [0.4, 0.5) is 5.13 Å². The van der Waals surface area contributed by atoms with Crippen molar-refractivity contribution < 1.29 is 17.9 Å². The molecular weight excluding hydrogens is 372 g/mol. The van der Waals surface area contributed by atoms with Crippen LogP contribution in [0.15, 0.2) is 47.2 Å². The molecule has 1 saturated heterocycles. The van der Waals surface area contributed by atoms with Gasteiger partial charge in [0, 0.05) is 30.4 Å². The van der Waals surface area contributed by atoms with Crippen molar-refractivity contribution in [1.29, 1.82) is 0 Å². The Balaban J connectivity index is 1.84. The van der Waals surface area contributed by atoms with Crippen LogP contribution in [0.25, 0.3) is 11.3 Å². The van der Waals surface area contributed by atoms with Crippen molar-refractivity contribution in [2.45, 2.75) is 23.8 Å².